The van der Waals surface area contributed by atoms with Gasteiger partial charge in [-0.15, -0.1) is 0 Å². The Hall–Kier alpha value is -2.82. The quantitative estimate of drug-likeness (QED) is 0.776. The number of nitrogens with one attached hydrogen (secondary N) is 2. The van der Waals surface area contributed by atoms with Crippen LogP contribution in [-0.4, -0.2) is 24.4 Å². The van der Waals surface area contributed by atoms with Crippen molar-refractivity contribution in [1.29, 1.82) is 0 Å². The lowest BCUT2D eigenvalue weighted by molar-refractivity contribution is -0.127. The van der Waals surface area contributed by atoms with Gasteiger partial charge >= 0.3 is 0 Å². The highest BCUT2D eigenvalue weighted by molar-refractivity contribution is 5.86. The van der Waals surface area contributed by atoms with Crippen molar-refractivity contribution in [2.24, 2.45) is 0 Å². The molecule has 0 bridgehead atoms. The third kappa shape index (κ3) is 6.67. The van der Waals surface area contributed by atoms with Crippen LogP contribution in [0.3, 0.4) is 0 Å². The van der Waals surface area contributed by atoms with Gasteiger partial charge in [-0.25, -0.2) is 0 Å². The Bertz CT molecular complexity index is 684. The number of carbonyl (C=O) groups is 2. The molecule has 2 amide bonds. The van der Waals surface area contributed by atoms with Gasteiger partial charge in [0.15, 0.2) is 0 Å². The van der Waals surface area contributed by atoms with Gasteiger partial charge in [-0.05, 0) is 36.6 Å². The van der Waals surface area contributed by atoms with Crippen molar-refractivity contribution >= 4 is 11.8 Å². The lowest BCUT2D eigenvalue weighted by atomic mass is 10.1. The highest BCUT2D eigenvalue weighted by Crippen LogP contribution is 2.14. The Morgan fingerprint density at radius 1 is 1.00 bits per heavy atom. The van der Waals surface area contributed by atoms with Crippen LogP contribution in [0, 0.1) is 0 Å². The van der Waals surface area contributed by atoms with Crippen LogP contribution in [0.2, 0.25) is 0 Å². The lowest BCUT2D eigenvalue weighted by Crippen LogP contribution is -2.44. The van der Waals surface area contributed by atoms with E-state index in [1.165, 1.54) is 6.92 Å². The first-order valence-electron chi connectivity index (χ1n) is 8.35. The van der Waals surface area contributed by atoms with E-state index in [-0.39, 0.29) is 11.8 Å². The molecule has 5 nitrogen and oxygen atoms in total. The van der Waals surface area contributed by atoms with Crippen LogP contribution in [-0.2, 0) is 22.6 Å². The van der Waals surface area contributed by atoms with Gasteiger partial charge in [-0.1, -0.05) is 42.5 Å². The molecule has 0 saturated carbocycles. The summed E-state index contributed by atoms with van der Waals surface area (Å²) < 4.78 is 5.75. The van der Waals surface area contributed by atoms with E-state index in [1.54, 1.807) is 6.92 Å². The lowest BCUT2D eigenvalue weighted by Gasteiger charge is -2.13. The number of carbonyl (C=O) groups excluding carboxylic acids is 2. The van der Waals surface area contributed by atoms with Gasteiger partial charge in [0.2, 0.25) is 11.8 Å². The molecule has 1 unspecified atom stereocenters. The smallest absolute Gasteiger partial charge is 0.242 e. The molecule has 0 fully saturated rings. The number of amides is 2. The average molecular weight is 340 g/mol. The highest BCUT2D eigenvalue weighted by atomic mass is 16.5. The molecule has 132 valence electrons. The third-order valence-electron chi connectivity index (χ3n) is 3.70. The van der Waals surface area contributed by atoms with E-state index in [0.717, 1.165) is 23.3 Å². The topological polar surface area (TPSA) is 67.4 Å². The van der Waals surface area contributed by atoms with E-state index in [0.29, 0.717) is 13.2 Å². The van der Waals surface area contributed by atoms with E-state index >= 15 is 0 Å². The summed E-state index contributed by atoms with van der Waals surface area (Å²) in [5.74, 6) is 0.419. The van der Waals surface area contributed by atoms with Crippen molar-refractivity contribution in [1.82, 2.24) is 10.6 Å². The predicted molar refractivity (Wildman–Crippen MR) is 97.2 cm³/mol. The van der Waals surface area contributed by atoms with Gasteiger partial charge in [-0.2, -0.15) is 0 Å². The van der Waals surface area contributed by atoms with Crippen LogP contribution >= 0.6 is 0 Å². The number of rotatable bonds is 8. The molecule has 25 heavy (non-hydrogen) atoms. The first-order valence-corrected chi connectivity index (χ1v) is 8.35. The highest BCUT2D eigenvalue weighted by Gasteiger charge is 2.12. The standard InChI is InChI=1S/C20H24N2O3/c1-15(22-16(2)23)20(24)21-13-12-17-8-10-19(11-9-17)25-14-18-6-4-3-5-7-18/h3-11,15H,12-14H2,1-2H3,(H,21,24)(H,22,23). The summed E-state index contributed by atoms with van der Waals surface area (Å²) in [6.07, 6.45) is 0.720. The number of hydrogen-bond donors (Lipinski definition) is 2. The van der Waals surface area contributed by atoms with Crippen molar-refractivity contribution in [2.45, 2.75) is 32.9 Å². The second-order valence-electron chi connectivity index (χ2n) is 5.88. The van der Waals surface area contributed by atoms with Gasteiger partial charge in [0.1, 0.15) is 18.4 Å². The van der Waals surface area contributed by atoms with Crippen LogP contribution in [0.4, 0.5) is 0 Å². The minimum Gasteiger partial charge on any atom is -0.489 e. The largest absolute Gasteiger partial charge is 0.489 e. The number of ether oxygens (including phenoxy) is 1. The Balaban J connectivity index is 1.73. The summed E-state index contributed by atoms with van der Waals surface area (Å²) in [7, 11) is 0. The molecule has 0 aliphatic rings. The van der Waals surface area contributed by atoms with Crippen molar-refractivity contribution in [3.8, 4) is 5.75 Å². The maximum atomic E-state index is 11.8. The molecule has 2 aromatic rings. The van der Waals surface area contributed by atoms with Gasteiger partial charge in [0.05, 0.1) is 0 Å². The molecule has 0 aliphatic heterocycles. The normalized spacial score (nSPS) is 11.4. The number of hydrogen-bond acceptors (Lipinski definition) is 3. The van der Waals surface area contributed by atoms with Crippen LogP contribution in [0.15, 0.2) is 54.6 Å². The van der Waals surface area contributed by atoms with Gasteiger partial charge < -0.3 is 15.4 Å². The van der Waals surface area contributed by atoms with E-state index in [2.05, 4.69) is 10.6 Å². The summed E-state index contributed by atoms with van der Waals surface area (Å²) in [6.45, 7) is 4.12. The molecule has 2 aromatic carbocycles. The Labute approximate surface area is 148 Å². The van der Waals surface area contributed by atoms with Gasteiger partial charge in [0, 0.05) is 13.5 Å². The zero-order valence-corrected chi connectivity index (χ0v) is 14.6. The Morgan fingerprint density at radius 3 is 2.32 bits per heavy atom. The first-order chi connectivity index (χ1) is 12.0. The molecule has 0 radical (unpaired) electrons. The van der Waals surface area contributed by atoms with E-state index in [4.69, 9.17) is 4.74 Å². The second-order valence-corrected chi connectivity index (χ2v) is 5.88. The maximum Gasteiger partial charge on any atom is 0.242 e. The maximum absolute atomic E-state index is 11.8. The van der Waals surface area contributed by atoms with Crippen LogP contribution < -0.4 is 15.4 Å². The molecule has 0 saturated heterocycles. The van der Waals surface area contributed by atoms with Crippen molar-refractivity contribution < 1.29 is 14.3 Å². The molecule has 5 heteroatoms. The SMILES string of the molecule is CC(=O)NC(C)C(=O)NCCc1ccc(OCc2ccccc2)cc1. The van der Waals surface area contributed by atoms with Crippen LogP contribution in [0.25, 0.3) is 0 Å². The molecule has 0 spiro atoms. The monoisotopic (exact) mass is 340 g/mol. The van der Waals surface area contributed by atoms with Crippen LogP contribution in [0.5, 0.6) is 5.75 Å². The zero-order chi connectivity index (χ0) is 18.1. The summed E-state index contributed by atoms with van der Waals surface area (Å²) in [5, 5.41) is 5.37. The summed E-state index contributed by atoms with van der Waals surface area (Å²) >= 11 is 0. The zero-order valence-electron chi connectivity index (χ0n) is 14.6. The fourth-order valence-electron chi connectivity index (χ4n) is 2.35. The number of benzene rings is 2. The van der Waals surface area contributed by atoms with Crippen molar-refractivity contribution in [3.05, 3.63) is 65.7 Å². The molecule has 2 rings (SSSR count). The van der Waals surface area contributed by atoms with Gasteiger partial charge in [-0.3, -0.25) is 9.59 Å². The fourth-order valence-corrected chi connectivity index (χ4v) is 2.35. The second kappa shape index (κ2) is 9.47. The molecule has 0 heterocycles. The summed E-state index contributed by atoms with van der Waals surface area (Å²) in [6, 6.07) is 17.3. The Kier molecular flexibility index (Phi) is 7.01. The summed E-state index contributed by atoms with van der Waals surface area (Å²) in [4.78, 5) is 22.7. The fraction of sp³-hybridized carbons (Fsp3) is 0.300. The van der Waals surface area contributed by atoms with E-state index < -0.39 is 6.04 Å². The molecular formula is C20H24N2O3. The first kappa shape index (κ1) is 18.5. The summed E-state index contributed by atoms with van der Waals surface area (Å²) in [5.41, 5.74) is 2.24. The van der Waals surface area contributed by atoms with Crippen molar-refractivity contribution in [2.75, 3.05) is 6.54 Å². The van der Waals surface area contributed by atoms with Gasteiger partial charge in [0.25, 0.3) is 0 Å². The minimum absolute atomic E-state index is 0.182. The Morgan fingerprint density at radius 2 is 1.68 bits per heavy atom. The van der Waals surface area contributed by atoms with E-state index in [1.807, 2.05) is 54.6 Å². The predicted octanol–water partition coefficient (Wildman–Crippen LogP) is 2.45. The van der Waals surface area contributed by atoms with Crippen LogP contribution in [0.1, 0.15) is 25.0 Å². The molecular weight excluding hydrogens is 316 g/mol. The molecule has 0 aliphatic carbocycles. The molecule has 2 N–H and O–H groups in total. The van der Waals surface area contributed by atoms with E-state index in [9.17, 15) is 9.59 Å². The molecule has 0 aromatic heterocycles. The van der Waals surface area contributed by atoms with Crippen molar-refractivity contribution in [3.63, 3.8) is 0 Å². The third-order valence-corrected chi connectivity index (χ3v) is 3.70. The molecule has 1 atom stereocenters. The minimum atomic E-state index is -0.522. The average Bonchev–Trinajstić information content (AvgIpc) is 2.61.